The van der Waals surface area contributed by atoms with Gasteiger partial charge in [0, 0.05) is 0 Å². The molecule has 0 aliphatic heterocycles. The van der Waals surface area contributed by atoms with Gasteiger partial charge in [-0.25, -0.2) is 0 Å². The summed E-state index contributed by atoms with van der Waals surface area (Å²) in [5, 5.41) is 0. The van der Waals surface area contributed by atoms with Crippen LogP contribution in [0.5, 0.6) is 0 Å². The van der Waals surface area contributed by atoms with E-state index in [1.807, 2.05) is 0 Å². The van der Waals surface area contributed by atoms with Crippen LogP contribution in [0.3, 0.4) is 0 Å². The van der Waals surface area contributed by atoms with Crippen LogP contribution in [0.4, 0.5) is 0 Å². The smallest absolute Gasteiger partial charge is 0.241 e. The molecular formula is C8H4Br2O2. The van der Waals surface area contributed by atoms with Crippen LogP contribution in [-0.4, -0.2) is 0 Å². The maximum Gasteiger partial charge on any atom is 0.241 e. The van der Waals surface area contributed by atoms with Crippen LogP contribution in [-0.2, 0) is 0 Å². The van der Waals surface area contributed by atoms with E-state index in [0.29, 0.717) is 0 Å². The van der Waals surface area contributed by atoms with Gasteiger partial charge in [-0.3, -0.25) is 9.59 Å². The van der Waals surface area contributed by atoms with Crippen molar-refractivity contribution in [1.29, 1.82) is 0 Å². The van der Waals surface area contributed by atoms with Gasteiger partial charge in [-0.2, -0.15) is 0 Å². The van der Waals surface area contributed by atoms with E-state index in [0.717, 1.165) is 0 Å². The minimum Gasteiger partial charge on any atom is -0.284 e. The predicted octanol–water partition coefficient (Wildman–Crippen LogP) is 1.93. The molecule has 1 aromatic carbocycles. The molecule has 1 aromatic rings. The van der Waals surface area contributed by atoms with E-state index < -0.39 is 10.9 Å². The summed E-state index contributed by atoms with van der Waals surface area (Å²) in [4.78, 5) is 22.3. The molecule has 0 unspecified atom stereocenters. The summed E-state index contributed by atoms with van der Waals surface area (Å²) in [5.74, 6) is 0. The maximum atomic E-state index is 11.1. The van der Waals surface area contributed by atoms with Crippen LogP contribution < -0.4 is 10.9 Å². The molecule has 0 heterocycles. The Hall–Kier alpha value is -0.480. The van der Waals surface area contributed by atoms with Gasteiger partial charge >= 0.3 is 0 Å². The van der Waals surface area contributed by atoms with Gasteiger partial charge in [-0.15, -0.1) is 0 Å². The first-order chi connectivity index (χ1) is 5.63. The van der Waals surface area contributed by atoms with Crippen LogP contribution in [0.15, 0.2) is 42.8 Å². The fraction of sp³-hybridized carbons (Fsp3) is 0. The Morgan fingerprint density at radius 1 is 0.833 bits per heavy atom. The number of hydrogen-bond donors (Lipinski definition) is 0. The van der Waals surface area contributed by atoms with Crippen molar-refractivity contribution in [1.82, 2.24) is 0 Å². The lowest BCUT2D eigenvalue weighted by Gasteiger charge is -1.83. The standard InChI is InChI=1S/C8H4Br2O2/c9-5-3-1-2-4-6(10)8(12)7(5)11/h1-4H. The van der Waals surface area contributed by atoms with E-state index in [-0.39, 0.29) is 8.95 Å². The zero-order valence-corrected chi connectivity index (χ0v) is 9.05. The highest BCUT2D eigenvalue weighted by atomic mass is 79.9. The summed E-state index contributed by atoms with van der Waals surface area (Å²) in [5.41, 5.74) is -1.08. The van der Waals surface area contributed by atoms with Gasteiger partial charge in [0.1, 0.15) is 0 Å². The first-order valence-electron chi connectivity index (χ1n) is 3.11. The molecule has 62 valence electrons. The van der Waals surface area contributed by atoms with Gasteiger partial charge in [0.25, 0.3) is 0 Å². The van der Waals surface area contributed by atoms with E-state index in [1.165, 1.54) is 12.1 Å². The molecule has 0 bridgehead atoms. The molecule has 12 heavy (non-hydrogen) atoms. The van der Waals surface area contributed by atoms with Crippen LogP contribution in [0, 0.1) is 0 Å². The van der Waals surface area contributed by atoms with Crippen molar-refractivity contribution in [3.8, 4) is 0 Å². The summed E-state index contributed by atoms with van der Waals surface area (Å²) in [6.45, 7) is 0. The minimum atomic E-state index is -0.539. The third kappa shape index (κ3) is 2.01. The van der Waals surface area contributed by atoms with E-state index in [1.54, 1.807) is 12.1 Å². The normalized spacial score (nSPS) is 9.50. The molecular weight excluding hydrogens is 288 g/mol. The Morgan fingerprint density at radius 2 is 1.17 bits per heavy atom. The molecule has 4 heteroatoms. The summed E-state index contributed by atoms with van der Waals surface area (Å²) in [6.07, 6.45) is 0. The molecule has 0 saturated heterocycles. The quantitative estimate of drug-likeness (QED) is 0.685. The molecule has 0 atom stereocenters. The van der Waals surface area contributed by atoms with Crippen LogP contribution >= 0.6 is 31.9 Å². The number of halogens is 2. The lowest BCUT2D eigenvalue weighted by Crippen LogP contribution is -2.22. The maximum absolute atomic E-state index is 11.1. The molecule has 2 nitrogen and oxygen atoms in total. The Morgan fingerprint density at radius 3 is 1.50 bits per heavy atom. The largest absolute Gasteiger partial charge is 0.284 e. The van der Waals surface area contributed by atoms with Crippen molar-refractivity contribution in [3.63, 3.8) is 0 Å². The molecule has 0 N–H and O–H groups in total. The highest BCUT2D eigenvalue weighted by Gasteiger charge is 1.98. The number of hydrogen-bond acceptors (Lipinski definition) is 2. The van der Waals surface area contributed by atoms with E-state index >= 15 is 0 Å². The second-order valence-corrected chi connectivity index (χ2v) is 3.78. The molecule has 0 saturated carbocycles. The first-order valence-corrected chi connectivity index (χ1v) is 4.70. The van der Waals surface area contributed by atoms with E-state index in [2.05, 4.69) is 31.9 Å². The SMILES string of the molecule is O=c1c(Br)ccccc(Br)c1=O. The van der Waals surface area contributed by atoms with Gasteiger partial charge in [0.2, 0.25) is 10.9 Å². The van der Waals surface area contributed by atoms with Crippen LogP contribution in [0.2, 0.25) is 0 Å². The van der Waals surface area contributed by atoms with Gasteiger partial charge in [0.05, 0.1) is 8.95 Å². The van der Waals surface area contributed by atoms with Crippen molar-refractivity contribution in [3.05, 3.63) is 53.7 Å². The Kier molecular flexibility index (Phi) is 3.17. The van der Waals surface area contributed by atoms with Gasteiger partial charge in [-0.1, -0.05) is 12.1 Å². The monoisotopic (exact) mass is 290 g/mol. The topological polar surface area (TPSA) is 34.1 Å². The lowest BCUT2D eigenvalue weighted by atomic mass is 10.4. The second kappa shape index (κ2) is 3.96. The summed E-state index contributed by atoms with van der Waals surface area (Å²) in [6, 6.07) is 6.43. The average Bonchev–Trinajstić information content (AvgIpc) is 2.07. The Bertz CT molecular complexity index is 375. The van der Waals surface area contributed by atoms with E-state index in [4.69, 9.17) is 0 Å². The molecule has 0 aliphatic carbocycles. The summed E-state index contributed by atoms with van der Waals surface area (Å²) < 4.78 is 0.544. The highest BCUT2D eigenvalue weighted by molar-refractivity contribution is 9.10. The molecule has 0 amide bonds. The predicted molar refractivity (Wildman–Crippen MR) is 54.4 cm³/mol. The Balaban J connectivity index is 3.74. The third-order valence-corrected chi connectivity index (χ3v) is 2.49. The minimum absolute atomic E-state index is 0.272. The van der Waals surface area contributed by atoms with Gasteiger partial charge in [-0.05, 0) is 44.0 Å². The molecule has 0 radical (unpaired) electrons. The molecule has 0 spiro atoms. The second-order valence-electron chi connectivity index (χ2n) is 2.07. The third-order valence-electron chi connectivity index (χ3n) is 1.24. The van der Waals surface area contributed by atoms with E-state index in [9.17, 15) is 9.59 Å². The zero-order valence-electron chi connectivity index (χ0n) is 5.88. The zero-order chi connectivity index (χ0) is 9.14. The fourth-order valence-corrected chi connectivity index (χ4v) is 1.31. The van der Waals surface area contributed by atoms with Crippen molar-refractivity contribution in [2.24, 2.45) is 0 Å². The van der Waals surface area contributed by atoms with Crippen molar-refractivity contribution in [2.75, 3.05) is 0 Å². The van der Waals surface area contributed by atoms with Gasteiger partial charge < -0.3 is 0 Å². The fourth-order valence-electron chi connectivity index (χ4n) is 0.648. The number of rotatable bonds is 0. The van der Waals surface area contributed by atoms with Gasteiger partial charge in [0.15, 0.2) is 0 Å². The summed E-state index contributed by atoms with van der Waals surface area (Å²) >= 11 is 6.00. The molecule has 1 rings (SSSR count). The van der Waals surface area contributed by atoms with Crippen LogP contribution in [0.25, 0.3) is 0 Å². The lowest BCUT2D eigenvalue weighted by molar-refractivity contribution is 1.43. The molecule has 0 fully saturated rings. The van der Waals surface area contributed by atoms with Crippen LogP contribution in [0.1, 0.15) is 0 Å². The Labute approximate surface area is 85.5 Å². The molecule has 0 aromatic heterocycles. The van der Waals surface area contributed by atoms with Crippen molar-refractivity contribution in [2.45, 2.75) is 0 Å². The first kappa shape index (κ1) is 9.61. The highest BCUT2D eigenvalue weighted by Crippen LogP contribution is 2.01. The summed E-state index contributed by atoms with van der Waals surface area (Å²) in [7, 11) is 0. The average molecular weight is 292 g/mol. The molecule has 0 aliphatic rings. The van der Waals surface area contributed by atoms with Crippen molar-refractivity contribution < 1.29 is 0 Å². The van der Waals surface area contributed by atoms with Crippen molar-refractivity contribution >= 4 is 31.9 Å².